The van der Waals surface area contributed by atoms with Crippen molar-refractivity contribution in [2.45, 2.75) is 12.5 Å². The van der Waals surface area contributed by atoms with E-state index < -0.39 is 6.10 Å². The van der Waals surface area contributed by atoms with Gasteiger partial charge in [-0.1, -0.05) is 0 Å². The first-order valence-electron chi connectivity index (χ1n) is 4.13. The van der Waals surface area contributed by atoms with E-state index in [9.17, 15) is 5.11 Å². The summed E-state index contributed by atoms with van der Waals surface area (Å²) in [5, 5.41) is 9.27. The molecular formula is C9H14N2O2. The van der Waals surface area contributed by atoms with Crippen LogP contribution < -0.4 is 10.5 Å². The number of nitrogens with zero attached hydrogens (tertiary/aromatic N) is 1. The van der Waals surface area contributed by atoms with E-state index in [-0.39, 0.29) is 6.54 Å². The molecule has 13 heavy (non-hydrogen) atoms. The Labute approximate surface area is 77.4 Å². The minimum atomic E-state index is -0.528. The molecule has 0 aliphatic rings. The highest BCUT2D eigenvalue weighted by Crippen LogP contribution is 2.10. The molecule has 3 N–H and O–H groups in total. The summed E-state index contributed by atoms with van der Waals surface area (Å²) in [6.07, 6.45) is 1.59. The lowest BCUT2D eigenvalue weighted by Crippen LogP contribution is -2.22. The van der Waals surface area contributed by atoms with E-state index in [2.05, 4.69) is 4.98 Å². The van der Waals surface area contributed by atoms with Gasteiger partial charge in [0.25, 0.3) is 0 Å². The largest absolute Gasteiger partial charge is 0.497 e. The number of hydrogen-bond acceptors (Lipinski definition) is 4. The summed E-state index contributed by atoms with van der Waals surface area (Å²) in [5.41, 5.74) is 6.07. The summed E-state index contributed by atoms with van der Waals surface area (Å²) < 4.78 is 5.02. The van der Waals surface area contributed by atoms with Crippen LogP contribution in [0.4, 0.5) is 0 Å². The molecule has 4 nitrogen and oxygen atoms in total. The normalized spacial score (nSPS) is 12.5. The predicted molar refractivity (Wildman–Crippen MR) is 49.6 cm³/mol. The first kappa shape index (κ1) is 9.95. The van der Waals surface area contributed by atoms with E-state index in [0.29, 0.717) is 6.42 Å². The van der Waals surface area contributed by atoms with Gasteiger partial charge in [0.15, 0.2) is 0 Å². The lowest BCUT2D eigenvalue weighted by molar-refractivity contribution is 0.182. The van der Waals surface area contributed by atoms with Crippen molar-refractivity contribution in [3.63, 3.8) is 0 Å². The van der Waals surface area contributed by atoms with Crippen molar-refractivity contribution >= 4 is 0 Å². The lowest BCUT2D eigenvalue weighted by atomic mass is 10.2. The van der Waals surface area contributed by atoms with Gasteiger partial charge in [-0.15, -0.1) is 0 Å². The van der Waals surface area contributed by atoms with Crippen LogP contribution in [0.5, 0.6) is 5.75 Å². The van der Waals surface area contributed by atoms with Crippen LogP contribution in [0.25, 0.3) is 0 Å². The molecule has 1 atom stereocenters. The number of rotatable bonds is 4. The second-order valence-corrected chi connectivity index (χ2v) is 2.78. The molecule has 0 aromatic carbocycles. The van der Waals surface area contributed by atoms with E-state index in [1.807, 2.05) is 0 Å². The third kappa shape index (κ3) is 3.01. The van der Waals surface area contributed by atoms with E-state index >= 15 is 0 Å². The minimum Gasteiger partial charge on any atom is -0.497 e. The highest BCUT2D eigenvalue weighted by Gasteiger charge is 2.04. The molecule has 0 radical (unpaired) electrons. The molecular weight excluding hydrogens is 168 g/mol. The zero-order valence-electron chi connectivity index (χ0n) is 7.60. The minimum absolute atomic E-state index is 0.249. The average Bonchev–Trinajstić information content (AvgIpc) is 2.18. The number of nitrogens with two attached hydrogens (primary N) is 1. The summed E-state index contributed by atoms with van der Waals surface area (Å²) in [6.45, 7) is 0.249. The Morgan fingerprint density at radius 3 is 3.08 bits per heavy atom. The first-order chi connectivity index (χ1) is 6.26. The molecule has 0 aliphatic carbocycles. The van der Waals surface area contributed by atoms with Gasteiger partial charge in [0.1, 0.15) is 5.75 Å². The van der Waals surface area contributed by atoms with Gasteiger partial charge >= 0.3 is 0 Å². The fourth-order valence-electron chi connectivity index (χ4n) is 1.02. The number of pyridine rings is 1. The Morgan fingerprint density at radius 2 is 2.46 bits per heavy atom. The Hall–Kier alpha value is -1.13. The molecule has 1 aromatic heterocycles. The van der Waals surface area contributed by atoms with Gasteiger partial charge in [0, 0.05) is 30.9 Å². The second kappa shape index (κ2) is 4.79. The molecule has 0 fully saturated rings. The summed E-state index contributed by atoms with van der Waals surface area (Å²) in [5.74, 6) is 0.745. The van der Waals surface area contributed by atoms with Gasteiger partial charge in [-0.3, -0.25) is 4.98 Å². The highest BCUT2D eigenvalue weighted by molar-refractivity contribution is 5.22. The third-order valence-electron chi connectivity index (χ3n) is 1.74. The van der Waals surface area contributed by atoms with Crippen molar-refractivity contribution in [2.24, 2.45) is 5.73 Å². The van der Waals surface area contributed by atoms with E-state index in [4.69, 9.17) is 10.5 Å². The first-order valence-corrected chi connectivity index (χ1v) is 4.13. The second-order valence-electron chi connectivity index (χ2n) is 2.78. The Morgan fingerprint density at radius 1 is 1.69 bits per heavy atom. The zero-order valence-corrected chi connectivity index (χ0v) is 7.60. The van der Waals surface area contributed by atoms with Crippen molar-refractivity contribution in [1.82, 2.24) is 4.98 Å². The smallest absolute Gasteiger partial charge is 0.122 e. The Balaban J connectivity index is 2.66. The molecule has 72 valence electrons. The topological polar surface area (TPSA) is 68.4 Å². The van der Waals surface area contributed by atoms with Gasteiger partial charge < -0.3 is 15.6 Å². The number of ether oxygens (including phenoxy) is 1. The Bertz CT molecular complexity index is 266. The maximum absolute atomic E-state index is 9.27. The van der Waals surface area contributed by atoms with E-state index in [0.717, 1.165) is 11.4 Å². The number of aliphatic hydroxyl groups is 1. The maximum Gasteiger partial charge on any atom is 0.122 e. The van der Waals surface area contributed by atoms with Gasteiger partial charge in [0.05, 0.1) is 13.2 Å². The standard InChI is InChI=1S/C9H14N2O2/c1-13-9-2-3-11-7(5-9)4-8(12)6-10/h2-3,5,8,12H,4,6,10H2,1H3. The van der Waals surface area contributed by atoms with Crippen molar-refractivity contribution in [1.29, 1.82) is 0 Å². The van der Waals surface area contributed by atoms with Crippen molar-refractivity contribution in [2.75, 3.05) is 13.7 Å². The van der Waals surface area contributed by atoms with Gasteiger partial charge in [-0.25, -0.2) is 0 Å². The van der Waals surface area contributed by atoms with Gasteiger partial charge in [-0.05, 0) is 6.07 Å². The molecule has 1 aromatic rings. The lowest BCUT2D eigenvalue weighted by Gasteiger charge is -2.07. The highest BCUT2D eigenvalue weighted by atomic mass is 16.5. The molecule has 0 spiro atoms. The molecule has 0 bridgehead atoms. The molecule has 4 heteroatoms. The molecule has 0 amide bonds. The summed E-state index contributed by atoms with van der Waals surface area (Å²) in [7, 11) is 1.60. The van der Waals surface area contributed by atoms with Gasteiger partial charge in [0.2, 0.25) is 0 Å². The molecule has 0 aliphatic heterocycles. The maximum atomic E-state index is 9.27. The molecule has 1 unspecified atom stereocenters. The van der Waals surface area contributed by atoms with Crippen LogP contribution in [0.3, 0.4) is 0 Å². The van der Waals surface area contributed by atoms with Crippen molar-refractivity contribution in [3.05, 3.63) is 24.0 Å². The monoisotopic (exact) mass is 182 g/mol. The predicted octanol–water partition coefficient (Wildman–Crippen LogP) is -0.0477. The summed E-state index contributed by atoms with van der Waals surface area (Å²) >= 11 is 0. The van der Waals surface area contributed by atoms with Crippen LogP contribution >= 0.6 is 0 Å². The van der Waals surface area contributed by atoms with Crippen LogP contribution in [0.15, 0.2) is 18.3 Å². The van der Waals surface area contributed by atoms with E-state index in [1.165, 1.54) is 0 Å². The Kier molecular flexibility index (Phi) is 3.67. The molecule has 1 heterocycles. The molecule has 1 rings (SSSR count). The third-order valence-corrected chi connectivity index (χ3v) is 1.74. The van der Waals surface area contributed by atoms with Crippen molar-refractivity contribution in [3.8, 4) is 5.75 Å². The number of hydrogen-bond donors (Lipinski definition) is 2. The van der Waals surface area contributed by atoms with Gasteiger partial charge in [-0.2, -0.15) is 0 Å². The number of aromatic nitrogens is 1. The van der Waals surface area contributed by atoms with Crippen LogP contribution in [-0.2, 0) is 6.42 Å². The van der Waals surface area contributed by atoms with Crippen LogP contribution in [0.2, 0.25) is 0 Å². The summed E-state index contributed by atoms with van der Waals surface area (Å²) in [6, 6.07) is 3.55. The fourth-order valence-corrected chi connectivity index (χ4v) is 1.02. The molecule has 0 saturated carbocycles. The zero-order chi connectivity index (χ0) is 9.68. The van der Waals surface area contributed by atoms with Crippen LogP contribution in [0, 0.1) is 0 Å². The van der Waals surface area contributed by atoms with E-state index in [1.54, 1.807) is 25.4 Å². The van der Waals surface area contributed by atoms with Crippen molar-refractivity contribution < 1.29 is 9.84 Å². The number of aliphatic hydroxyl groups excluding tert-OH is 1. The van der Waals surface area contributed by atoms with Crippen LogP contribution in [-0.4, -0.2) is 29.8 Å². The average molecular weight is 182 g/mol. The quantitative estimate of drug-likeness (QED) is 0.685. The summed E-state index contributed by atoms with van der Waals surface area (Å²) in [4.78, 5) is 4.08. The fraction of sp³-hybridized carbons (Fsp3) is 0.444. The number of methoxy groups -OCH3 is 1. The SMILES string of the molecule is COc1ccnc(CC(O)CN)c1. The van der Waals surface area contributed by atoms with Crippen LogP contribution in [0.1, 0.15) is 5.69 Å². The molecule has 0 saturated heterocycles.